The van der Waals surface area contributed by atoms with Crippen molar-refractivity contribution in [3.05, 3.63) is 40.9 Å². The maximum Gasteiger partial charge on any atom is 0.243 e. The Hall–Kier alpha value is -0.630. The average Bonchev–Trinajstić information content (AvgIpc) is 2.75. The average molecular weight is 492 g/mol. The van der Waals surface area contributed by atoms with Crippen molar-refractivity contribution in [1.82, 2.24) is 9.21 Å². The molecule has 0 heterocycles. The van der Waals surface area contributed by atoms with Crippen molar-refractivity contribution in [3.63, 3.8) is 0 Å². The minimum absolute atomic E-state index is 0.0214. The van der Waals surface area contributed by atoms with E-state index in [-0.39, 0.29) is 22.1 Å². The van der Waals surface area contributed by atoms with E-state index >= 15 is 0 Å². The highest BCUT2D eigenvalue weighted by Crippen LogP contribution is 2.30. The molecule has 0 atom stereocenters. The second kappa shape index (κ2) is 13.2. The van der Waals surface area contributed by atoms with E-state index in [0.717, 1.165) is 51.8 Å². The van der Waals surface area contributed by atoms with E-state index in [1.54, 1.807) is 7.05 Å². The summed E-state index contributed by atoms with van der Waals surface area (Å²) in [5.41, 5.74) is 0. The molecule has 0 bridgehead atoms. The van der Waals surface area contributed by atoms with Crippen LogP contribution in [0.15, 0.2) is 35.7 Å². The third-order valence-electron chi connectivity index (χ3n) is 5.95. The van der Waals surface area contributed by atoms with E-state index in [9.17, 15) is 8.42 Å². The summed E-state index contributed by atoms with van der Waals surface area (Å²) in [7, 11) is 0.174. The highest BCUT2D eigenvalue weighted by Gasteiger charge is 2.32. The van der Waals surface area contributed by atoms with Gasteiger partial charge in [0, 0.05) is 26.2 Å². The fourth-order valence-corrected chi connectivity index (χ4v) is 5.78. The van der Waals surface area contributed by atoms with E-state index in [0.29, 0.717) is 5.02 Å². The number of benzene rings is 1. The van der Waals surface area contributed by atoms with Crippen LogP contribution in [0.5, 0.6) is 0 Å². The van der Waals surface area contributed by atoms with Crippen molar-refractivity contribution in [1.29, 1.82) is 0 Å². The molecule has 0 radical (unpaired) electrons. The third kappa shape index (κ3) is 8.34. The second-order valence-electron chi connectivity index (χ2n) is 8.36. The molecule has 2 rings (SSSR count). The summed E-state index contributed by atoms with van der Waals surface area (Å²) in [5, 5.41) is 0.595. The molecule has 1 aliphatic rings. The van der Waals surface area contributed by atoms with Gasteiger partial charge in [0.15, 0.2) is 0 Å². The molecule has 0 N–H and O–H groups in total. The van der Waals surface area contributed by atoms with Gasteiger partial charge < -0.3 is 9.64 Å². The predicted octanol–water partition coefficient (Wildman–Crippen LogP) is 5.62. The molecule has 1 fully saturated rings. The number of ether oxygens (including phenoxy) is 1. The van der Waals surface area contributed by atoms with E-state index < -0.39 is 10.0 Å². The number of likely N-dealkylation sites (N-methyl/N-ethyl adjacent to an activating group) is 1. The first-order valence-electron chi connectivity index (χ1n) is 11.1. The normalized spacial score (nSPS) is 19.8. The smallest absolute Gasteiger partial charge is 0.243 e. The Morgan fingerprint density at radius 2 is 1.74 bits per heavy atom. The topological polar surface area (TPSA) is 49.9 Å². The Morgan fingerprint density at radius 1 is 1.06 bits per heavy atom. The van der Waals surface area contributed by atoms with Gasteiger partial charge in [-0.3, -0.25) is 0 Å². The maximum absolute atomic E-state index is 12.9. The summed E-state index contributed by atoms with van der Waals surface area (Å²) >= 11 is 11.9. The van der Waals surface area contributed by atoms with Gasteiger partial charge in [0.1, 0.15) is 0 Å². The fraction of sp³-hybridized carbons (Fsp3) is 0.652. The molecular weight excluding hydrogens is 455 g/mol. The first-order valence-corrected chi connectivity index (χ1v) is 13.3. The highest BCUT2D eigenvalue weighted by atomic mass is 35.5. The largest absolute Gasteiger partial charge is 0.378 e. The Morgan fingerprint density at radius 3 is 2.39 bits per heavy atom. The molecule has 1 aromatic carbocycles. The van der Waals surface area contributed by atoms with Gasteiger partial charge in [-0.1, -0.05) is 42.1 Å². The van der Waals surface area contributed by atoms with Crippen LogP contribution in [0.2, 0.25) is 10.0 Å². The zero-order valence-electron chi connectivity index (χ0n) is 18.7. The quantitative estimate of drug-likeness (QED) is 0.266. The van der Waals surface area contributed by atoms with Gasteiger partial charge in [-0.15, -0.1) is 6.58 Å². The molecular formula is C23H36Cl2N2O3S. The van der Waals surface area contributed by atoms with Gasteiger partial charge in [-0.05, 0) is 70.3 Å². The molecule has 31 heavy (non-hydrogen) atoms. The molecule has 1 aromatic rings. The molecule has 0 spiro atoms. The Kier molecular flexibility index (Phi) is 11.3. The number of rotatable bonds is 13. The lowest BCUT2D eigenvalue weighted by molar-refractivity contribution is 0.0156. The van der Waals surface area contributed by atoms with Gasteiger partial charge in [-0.25, -0.2) is 8.42 Å². The van der Waals surface area contributed by atoms with Gasteiger partial charge >= 0.3 is 0 Å². The standard InChI is InChI=1S/C23H36Cl2N2O3S/c1-4-15-26(2)16-7-5-6-8-17-30-20-11-9-19(10-12-20)27(3)31(28,29)21-13-14-22(24)23(25)18-21/h4,13-14,18-20H,1,5-12,15-17H2,2-3H3/t19-,20-. The van der Waals surface area contributed by atoms with Crippen LogP contribution in [0.4, 0.5) is 0 Å². The zero-order valence-corrected chi connectivity index (χ0v) is 21.1. The lowest BCUT2D eigenvalue weighted by Crippen LogP contribution is -2.40. The number of nitrogens with zero attached hydrogens (tertiary/aromatic N) is 2. The molecule has 1 saturated carbocycles. The van der Waals surface area contributed by atoms with E-state index in [2.05, 4.69) is 18.5 Å². The van der Waals surface area contributed by atoms with E-state index in [1.165, 1.54) is 41.8 Å². The molecule has 176 valence electrons. The second-order valence-corrected chi connectivity index (χ2v) is 11.2. The monoisotopic (exact) mass is 490 g/mol. The highest BCUT2D eigenvalue weighted by molar-refractivity contribution is 7.89. The molecule has 0 aromatic heterocycles. The van der Waals surface area contributed by atoms with Crippen LogP contribution in [0, 0.1) is 0 Å². The van der Waals surface area contributed by atoms with Crippen molar-refractivity contribution in [2.45, 2.75) is 68.4 Å². The molecule has 8 heteroatoms. The van der Waals surface area contributed by atoms with Gasteiger partial charge in [-0.2, -0.15) is 4.31 Å². The van der Waals surface area contributed by atoms with E-state index in [1.807, 2.05) is 6.08 Å². The van der Waals surface area contributed by atoms with Crippen molar-refractivity contribution in [3.8, 4) is 0 Å². The van der Waals surface area contributed by atoms with Crippen molar-refractivity contribution in [2.75, 3.05) is 33.8 Å². The first-order chi connectivity index (χ1) is 14.8. The minimum atomic E-state index is -3.59. The SMILES string of the molecule is C=CCN(C)CCCCCCO[C@H]1CC[C@H](N(C)S(=O)(=O)c2ccc(Cl)c(Cl)c2)CC1. The molecule has 1 aliphatic carbocycles. The van der Waals surface area contributed by atoms with Gasteiger partial charge in [0.05, 0.1) is 21.0 Å². The van der Waals surface area contributed by atoms with Crippen LogP contribution in [-0.4, -0.2) is 63.6 Å². The summed E-state index contributed by atoms with van der Waals surface area (Å²) in [6.07, 6.45) is 10.2. The van der Waals surface area contributed by atoms with Gasteiger partial charge in [0.2, 0.25) is 10.0 Å². The van der Waals surface area contributed by atoms with Crippen LogP contribution in [0.1, 0.15) is 51.4 Å². The summed E-state index contributed by atoms with van der Waals surface area (Å²) in [6, 6.07) is 4.43. The van der Waals surface area contributed by atoms with Crippen molar-refractivity contribution < 1.29 is 13.2 Å². The van der Waals surface area contributed by atoms with Crippen LogP contribution in [0.3, 0.4) is 0 Å². The number of halogens is 2. The van der Waals surface area contributed by atoms with Crippen molar-refractivity contribution in [2.24, 2.45) is 0 Å². The predicted molar refractivity (Wildman–Crippen MR) is 130 cm³/mol. The Balaban J connectivity index is 1.67. The molecule has 0 unspecified atom stereocenters. The zero-order chi connectivity index (χ0) is 22.9. The van der Waals surface area contributed by atoms with Gasteiger partial charge in [0.25, 0.3) is 0 Å². The third-order valence-corrected chi connectivity index (χ3v) is 8.60. The summed E-state index contributed by atoms with van der Waals surface area (Å²) in [6.45, 7) is 6.59. The first kappa shape index (κ1) is 26.6. The lowest BCUT2D eigenvalue weighted by Gasteiger charge is -2.34. The summed E-state index contributed by atoms with van der Waals surface area (Å²) in [4.78, 5) is 2.46. The summed E-state index contributed by atoms with van der Waals surface area (Å²) < 4.78 is 33.4. The van der Waals surface area contributed by atoms with Crippen LogP contribution < -0.4 is 0 Å². The molecule has 0 aliphatic heterocycles. The molecule has 0 amide bonds. The van der Waals surface area contributed by atoms with Crippen LogP contribution in [0.25, 0.3) is 0 Å². The Bertz CT molecular complexity index is 796. The van der Waals surface area contributed by atoms with Crippen LogP contribution >= 0.6 is 23.2 Å². The number of hydrogen-bond donors (Lipinski definition) is 0. The van der Waals surface area contributed by atoms with Crippen molar-refractivity contribution >= 4 is 33.2 Å². The minimum Gasteiger partial charge on any atom is -0.378 e. The number of sulfonamides is 1. The molecule has 5 nitrogen and oxygen atoms in total. The maximum atomic E-state index is 12.9. The number of hydrogen-bond acceptors (Lipinski definition) is 4. The van der Waals surface area contributed by atoms with E-state index in [4.69, 9.17) is 27.9 Å². The summed E-state index contributed by atoms with van der Waals surface area (Å²) in [5.74, 6) is 0. The molecule has 0 saturated heterocycles. The fourth-order valence-electron chi connectivity index (χ4n) is 3.97. The van der Waals surface area contributed by atoms with Crippen LogP contribution in [-0.2, 0) is 14.8 Å². The number of unbranched alkanes of at least 4 members (excludes halogenated alkanes) is 3. The lowest BCUT2D eigenvalue weighted by atomic mass is 9.93. The Labute approximate surface area is 198 Å².